The SMILES string of the molecule is CCOCCCNC(=O)c1ccc(-n2ncc(C(=O)OC)c2N)cc1. The molecule has 25 heavy (non-hydrogen) atoms. The lowest BCUT2D eigenvalue weighted by Crippen LogP contribution is -2.25. The van der Waals surface area contributed by atoms with E-state index in [1.807, 2.05) is 6.92 Å². The molecule has 8 heteroatoms. The molecular weight excluding hydrogens is 324 g/mol. The Hall–Kier alpha value is -2.87. The lowest BCUT2D eigenvalue weighted by molar-refractivity contribution is 0.0601. The van der Waals surface area contributed by atoms with Crippen LogP contribution in [0.4, 0.5) is 5.82 Å². The van der Waals surface area contributed by atoms with Crippen LogP contribution in [-0.2, 0) is 9.47 Å². The Balaban J connectivity index is 2.01. The van der Waals surface area contributed by atoms with E-state index in [1.54, 1.807) is 24.3 Å². The van der Waals surface area contributed by atoms with E-state index in [0.717, 1.165) is 6.42 Å². The van der Waals surface area contributed by atoms with Gasteiger partial charge in [-0.1, -0.05) is 0 Å². The Morgan fingerprint density at radius 1 is 1.28 bits per heavy atom. The van der Waals surface area contributed by atoms with Crippen LogP contribution in [0.15, 0.2) is 30.5 Å². The van der Waals surface area contributed by atoms with E-state index in [1.165, 1.54) is 18.0 Å². The van der Waals surface area contributed by atoms with Gasteiger partial charge in [-0.25, -0.2) is 9.48 Å². The summed E-state index contributed by atoms with van der Waals surface area (Å²) >= 11 is 0. The summed E-state index contributed by atoms with van der Waals surface area (Å²) in [4.78, 5) is 23.6. The van der Waals surface area contributed by atoms with Gasteiger partial charge < -0.3 is 20.5 Å². The number of benzene rings is 1. The number of carbonyl (C=O) groups excluding carboxylic acids is 2. The number of nitrogen functional groups attached to an aromatic ring is 1. The molecule has 0 bridgehead atoms. The lowest BCUT2D eigenvalue weighted by atomic mass is 10.2. The summed E-state index contributed by atoms with van der Waals surface area (Å²) in [5.74, 6) is -0.529. The monoisotopic (exact) mass is 346 g/mol. The van der Waals surface area contributed by atoms with Crippen molar-refractivity contribution in [1.29, 1.82) is 0 Å². The average Bonchev–Trinajstić information content (AvgIpc) is 3.02. The zero-order valence-corrected chi connectivity index (χ0v) is 14.3. The number of esters is 1. The van der Waals surface area contributed by atoms with Gasteiger partial charge in [0.25, 0.3) is 5.91 Å². The summed E-state index contributed by atoms with van der Waals surface area (Å²) < 4.78 is 11.3. The molecule has 0 spiro atoms. The lowest BCUT2D eigenvalue weighted by Gasteiger charge is -2.08. The van der Waals surface area contributed by atoms with Gasteiger partial charge in [-0.15, -0.1) is 0 Å². The molecule has 1 aromatic heterocycles. The number of amides is 1. The third kappa shape index (κ3) is 4.57. The standard InChI is InChI=1S/C17H22N4O4/c1-3-25-10-4-9-19-16(22)12-5-7-13(8-6-12)21-15(18)14(11-20-21)17(23)24-2/h5-8,11H,3-4,9-10,18H2,1-2H3,(H,19,22). The molecule has 1 amide bonds. The second kappa shape index (κ2) is 8.84. The molecule has 0 fully saturated rings. The van der Waals surface area contributed by atoms with Crippen molar-refractivity contribution in [1.82, 2.24) is 15.1 Å². The van der Waals surface area contributed by atoms with E-state index >= 15 is 0 Å². The van der Waals surface area contributed by atoms with Crippen molar-refractivity contribution < 1.29 is 19.1 Å². The van der Waals surface area contributed by atoms with Crippen LogP contribution in [-0.4, -0.2) is 48.5 Å². The predicted molar refractivity (Wildman–Crippen MR) is 92.8 cm³/mol. The number of aromatic nitrogens is 2. The van der Waals surface area contributed by atoms with Crippen LogP contribution in [0.2, 0.25) is 0 Å². The van der Waals surface area contributed by atoms with Gasteiger partial charge in [-0.2, -0.15) is 5.10 Å². The molecule has 0 saturated heterocycles. The van der Waals surface area contributed by atoms with Crippen LogP contribution in [0.25, 0.3) is 5.69 Å². The number of nitrogens with zero attached hydrogens (tertiary/aromatic N) is 2. The predicted octanol–water partition coefficient (Wildman–Crippen LogP) is 1.40. The minimum Gasteiger partial charge on any atom is -0.465 e. The first-order valence-corrected chi connectivity index (χ1v) is 7.96. The fourth-order valence-corrected chi connectivity index (χ4v) is 2.21. The molecule has 0 aliphatic rings. The summed E-state index contributed by atoms with van der Waals surface area (Å²) in [6, 6.07) is 6.76. The van der Waals surface area contributed by atoms with Gasteiger partial charge in [0.2, 0.25) is 0 Å². The molecule has 1 aromatic carbocycles. The first-order valence-electron chi connectivity index (χ1n) is 7.96. The second-order valence-electron chi connectivity index (χ2n) is 5.20. The molecule has 134 valence electrons. The number of hydrogen-bond acceptors (Lipinski definition) is 6. The highest BCUT2D eigenvalue weighted by Gasteiger charge is 2.16. The van der Waals surface area contributed by atoms with E-state index < -0.39 is 5.97 Å². The zero-order valence-electron chi connectivity index (χ0n) is 14.3. The van der Waals surface area contributed by atoms with Crippen molar-refractivity contribution in [2.75, 3.05) is 32.6 Å². The molecule has 1 heterocycles. The number of methoxy groups -OCH3 is 1. The number of carbonyl (C=O) groups is 2. The fraction of sp³-hybridized carbons (Fsp3) is 0.353. The third-order valence-corrected chi connectivity index (χ3v) is 3.54. The Morgan fingerprint density at radius 3 is 2.64 bits per heavy atom. The van der Waals surface area contributed by atoms with Crippen LogP contribution < -0.4 is 11.1 Å². The Bertz CT molecular complexity index is 725. The molecule has 2 aromatic rings. The maximum atomic E-state index is 12.1. The molecule has 0 saturated carbocycles. The minimum absolute atomic E-state index is 0.160. The smallest absolute Gasteiger partial charge is 0.343 e. The van der Waals surface area contributed by atoms with Gasteiger partial charge in [0.1, 0.15) is 11.4 Å². The van der Waals surface area contributed by atoms with Gasteiger partial charge >= 0.3 is 5.97 Å². The quantitative estimate of drug-likeness (QED) is 0.552. The molecule has 0 atom stereocenters. The average molecular weight is 346 g/mol. The van der Waals surface area contributed by atoms with Crippen LogP contribution >= 0.6 is 0 Å². The van der Waals surface area contributed by atoms with E-state index in [-0.39, 0.29) is 17.3 Å². The summed E-state index contributed by atoms with van der Waals surface area (Å²) in [6.45, 7) is 3.77. The number of ether oxygens (including phenoxy) is 2. The van der Waals surface area contributed by atoms with E-state index in [0.29, 0.717) is 31.0 Å². The molecule has 8 nitrogen and oxygen atoms in total. The van der Waals surface area contributed by atoms with Crippen LogP contribution in [0.3, 0.4) is 0 Å². The molecule has 3 N–H and O–H groups in total. The molecular formula is C17H22N4O4. The molecule has 0 aliphatic carbocycles. The van der Waals surface area contributed by atoms with Gasteiger partial charge in [0, 0.05) is 25.3 Å². The van der Waals surface area contributed by atoms with Crippen LogP contribution in [0, 0.1) is 0 Å². The van der Waals surface area contributed by atoms with E-state index in [9.17, 15) is 9.59 Å². The largest absolute Gasteiger partial charge is 0.465 e. The molecule has 0 aliphatic heterocycles. The van der Waals surface area contributed by atoms with Crippen LogP contribution in [0.5, 0.6) is 0 Å². The Kier molecular flexibility index (Phi) is 6.53. The maximum absolute atomic E-state index is 12.1. The van der Waals surface area contributed by atoms with Gasteiger partial charge in [0.15, 0.2) is 0 Å². The normalized spacial score (nSPS) is 10.5. The van der Waals surface area contributed by atoms with Crippen molar-refractivity contribution in [3.63, 3.8) is 0 Å². The minimum atomic E-state index is -0.549. The third-order valence-electron chi connectivity index (χ3n) is 3.54. The summed E-state index contributed by atoms with van der Waals surface area (Å²) in [7, 11) is 1.28. The number of hydrogen-bond donors (Lipinski definition) is 2. The van der Waals surface area contributed by atoms with Gasteiger partial charge in [-0.3, -0.25) is 4.79 Å². The maximum Gasteiger partial charge on any atom is 0.343 e. The fourth-order valence-electron chi connectivity index (χ4n) is 2.21. The highest BCUT2D eigenvalue weighted by Crippen LogP contribution is 2.18. The topological polar surface area (TPSA) is 108 Å². The molecule has 0 radical (unpaired) electrons. The number of nitrogens with one attached hydrogen (secondary N) is 1. The first-order chi connectivity index (χ1) is 12.1. The Morgan fingerprint density at radius 2 is 2.00 bits per heavy atom. The second-order valence-corrected chi connectivity index (χ2v) is 5.20. The summed E-state index contributed by atoms with van der Waals surface area (Å²) in [5, 5.41) is 6.91. The number of nitrogens with two attached hydrogens (primary N) is 1. The van der Waals surface area contributed by atoms with Crippen molar-refractivity contribution in [3.8, 4) is 5.69 Å². The van der Waals surface area contributed by atoms with Crippen LogP contribution in [0.1, 0.15) is 34.1 Å². The van der Waals surface area contributed by atoms with Crippen molar-refractivity contribution >= 4 is 17.7 Å². The van der Waals surface area contributed by atoms with E-state index in [4.69, 9.17) is 10.5 Å². The number of anilines is 1. The highest BCUT2D eigenvalue weighted by atomic mass is 16.5. The summed E-state index contributed by atoms with van der Waals surface area (Å²) in [6.07, 6.45) is 2.11. The molecule has 2 rings (SSSR count). The number of rotatable bonds is 8. The van der Waals surface area contributed by atoms with Crippen molar-refractivity contribution in [2.45, 2.75) is 13.3 Å². The van der Waals surface area contributed by atoms with E-state index in [2.05, 4.69) is 15.2 Å². The van der Waals surface area contributed by atoms with Gasteiger partial charge in [0.05, 0.1) is 19.0 Å². The van der Waals surface area contributed by atoms with Crippen molar-refractivity contribution in [3.05, 3.63) is 41.6 Å². The first kappa shape index (κ1) is 18.5. The summed E-state index contributed by atoms with van der Waals surface area (Å²) in [5.41, 5.74) is 7.28. The Labute approximate surface area is 145 Å². The highest BCUT2D eigenvalue weighted by molar-refractivity contribution is 5.95. The van der Waals surface area contributed by atoms with Crippen molar-refractivity contribution in [2.24, 2.45) is 0 Å². The molecule has 0 unspecified atom stereocenters. The van der Waals surface area contributed by atoms with Gasteiger partial charge in [-0.05, 0) is 37.6 Å². The zero-order chi connectivity index (χ0) is 18.2.